The van der Waals surface area contributed by atoms with Gasteiger partial charge in [0, 0.05) is 6.20 Å². The predicted molar refractivity (Wildman–Crippen MR) is 34.2 cm³/mol. The molecule has 0 aromatic carbocycles. The fourth-order valence-corrected chi connectivity index (χ4v) is 0.592. The van der Waals surface area contributed by atoms with E-state index in [1.54, 1.807) is 6.07 Å². The second kappa shape index (κ2) is 2.87. The zero-order chi connectivity index (χ0) is 8.27. The summed E-state index contributed by atoms with van der Waals surface area (Å²) in [5.74, 6) is -0.900. The summed E-state index contributed by atoms with van der Waals surface area (Å²) in [6.07, 6.45) is -0.108. The number of carbonyl (C=O) groups excluding carboxylic acids is 1. The van der Waals surface area contributed by atoms with Crippen LogP contribution in [0.25, 0.3) is 0 Å². The van der Waals surface area contributed by atoms with E-state index in [4.69, 9.17) is 5.11 Å². The summed E-state index contributed by atoms with van der Waals surface area (Å²) in [6.45, 7) is 0. The number of hydrogen-bond acceptors (Lipinski definition) is 3. The van der Waals surface area contributed by atoms with E-state index in [-0.39, 0.29) is 5.69 Å². The van der Waals surface area contributed by atoms with Gasteiger partial charge in [-0.15, -0.1) is 0 Å². The third-order valence-electron chi connectivity index (χ3n) is 0.998. The number of nitrogens with one attached hydrogen (secondary N) is 1. The summed E-state index contributed by atoms with van der Waals surface area (Å²) in [7, 11) is 0. The monoisotopic (exact) mass is 155 g/mol. The molecule has 0 amide bonds. The van der Waals surface area contributed by atoms with Crippen LogP contribution < -0.4 is 0 Å². The molecule has 1 heterocycles. The lowest BCUT2D eigenvalue weighted by Crippen LogP contribution is -2.10. The molecule has 1 rings (SSSR count). The molecule has 2 N–H and O–H groups in total. The predicted octanol–water partition coefficient (Wildman–Crippen LogP) is 0.849. The van der Waals surface area contributed by atoms with Crippen molar-refractivity contribution in [2.45, 2.75) is 0 Å². The average Bonchev–Trinajstić information content (AvgIpc) is 2.35. The summed E-state index contributed by atoms with van der Waals surface area (Å²) in [5.41, 5.74) is 0.118. The third kappa shape index (κ3) is 1.82. The van der Waals surface area contributed by atoms with Crippen LogP contribution in [0.3, 0.4) is 0 Å². The molecule has 0 saturated carbocycles. The Hall–Kier alpha value is -1.78. The van der Waals surface area contributed by atoms with E-state index in [0.29, 0.717) is 0 Å². The molecule has 0 atom stereocenters. The Morgan fingerprint density at radius 3 is 2.73 bits per heavy atom. The van der Waals surface area contributed by atoms with E-state index in [0.717, 1.165) is 0 Å². The summed E-state index contributed by atoms with van der Waals surface area (Å²) in [4.78, 5) is 23.0. The lowest BCUT2D eigenvalue weighted by molar-refractivity contribution is 0.0504. The second-order valence-corrected chi connectivity index (χ2v) is 1.74. The minimum atomic E-state index is -1.61. The van der Waals surface area contributed by atoms with Crippen molar-refractivity contribution in [2.24, 2.45) is 0 Å². The molecule has 0 fully saturated rings. The van der Waals surface area contributed by atoms with Crippen LogP contribution in [-0.4, -0.2) is 22.2 Å². The van der Waals surface area contributed by atoms with E-state index in [1.807, 2.05) is 0 Å². The van der Waals surface area contributed by atoms with Gasteiger partial charge in [-0.3, -0.25) is 0 Å². The number of carbonyl (C=O) groups is 2. The van der Waals surface area contributed by atoms with Crippen LogP contribution in [0.2, 0.25) is 0 Å². The Balaban J connectivity index is 2.64. The van der Waals surface area contributed by atoms with E-state index < -0.39 is 12.1 Å². The van der Waals surface area contributed by atoms with Gasteiger partial charge in [-0.25, -0.2) is 9.59 Å². The van der Waals surface area contributed by atoms with E-state index in [2.05, 4.69) is 9.72 Å². The standard InChI is InChI=1S/C6H5NO4/c8-5(11-6(9)10)4-2-1-3-7-4/h1-3,7H,(H,9,10). The quantitative estimate of drug-likeness (QED) is 0.465. The largest absolute Gasteiger partial charge is 0.513 e. The fraction of sp³-hybridized carbons (Fsp3) is 0. The molecule has 0 radical (unpaired) electrons. The summed E-state index contributed by atoms with van der Waals surface area (Å²) < 4.78 is 3.84. The Kier molecular flexibility index (Phi) is 1.91. The number of hydrogen-bond donors (Lipinski definition) is 2. The molecule has 1 aromatic rings. The maximum Gasteiger partial charge on any atom is 0.513 e. The van der Waals surface area contributed by atoms with Gasteiger partial charge in [0.05, 0.1) is 0 Å². The minimum absolute atomic E-state index is 0.118. The number of aromatic amines is 1. The SMILES string of the molecule is O=C(O)OC(=O)c1ccc[nH]1. The van der Waals surface area contributed by atoms with E-state index in [9.17, 15) is 9.59 Å². The van der Waals surface area contributed by atoms with Crippen molar-refractivity contribution >= 4 is 12.1 Å². The molecule has 5 nitrogen and oxygen atoms in total. The zero-order valence-electron chi connectivity index (χ0n) is 5.40. The maximum absolute atomic E-state index is 10.7. The van der Waals surface area contributed by atoms with Crippen LogP contribution >= 0.6 is 0 Å². The number of carboxylic acid groups (broad SMARTS) is 1. The zero-order valence-corrected chi connectivity index (χ0v) is 5.40. The Bertz CT molecular complexity index is 264. The topological polar surface area (TPSA) is 79.4 Å². The molecule has 58 valence electrons. The number of esters is 1. The van der Waals surface area contributed by atoms with Crippen LogP contribution in [0.1, 0.15) is 10.5 Å². The molecule has 11 heavy (non-hydrogen) atoms. The minimum Gasteiger partial charge on any atom is -0.449 e. The molecule has 1 aromatic heterocycles. The highest BCUT2D eigenvalue weighted by Gasteiger charge is 2.10. The maximum atomic E-state index is 10.7. The lowest BCUT2D eigenvalue weighted by Gasteiger charge is -1.93. The number of rotatable bonds is 1. The highest BCUT2D eigenvalue weighted by Crippen LogP contribution is 1.96. The first kappa shape index (κ1) is 7.33. The molecule has 0 saturated heterocycles. The second-order valence-electron chi connectivity index (χ2n) is 1.74. The van der Waals surface area contributed by atoms with Crippen LogP contribution in [0.5, 0.6) is 0 Å². The normalized spacial score (nSPS) is 9.09. The van der Waals surface area contributed by atoms with Crippen molar-refractivity contribution in [3.8, 4) is 0 Å². The third-order valence-corrected chi connectivity index (χ3v) is 0.998. The Labute approximate surface area is 61.6 Å². The summed E-state index contributed by atoms with van der Waals surface area (Å²) in [6, 6.07) is 2.99. The molecule has 0 aliphatic carbocycles. The fourth-order valence-electron chi connectivity index (χ4n) is 0.592. The van der Waals surface area contributed by atoms with Gasteiger partial charge in [-0.05, 0) is 12.1 Å². The van der Waals surface area contributed by atoms with Crippen molar-refractivity contribution < 1.29 is 19.4 Å². The van der Waals surface area contributed by atoms with Gasteiger partial charge in [0.2, 0.25) is 0 Å². The van der Waals surface area contributed by atoms with Crippen molar-refractivity contribution in [1.82, 2.24) is 4.98 Å². The molecular formula is C6H5NO4. The number of aromatic nitrogens is 1. The van der Waals surface area contributed by atoms with Gasteiger partial charge in [-0.2, -0.15) is 0 Å². The number of H-pyrrole nitrogens is 1. The van der Waals surface area contributed by atoms with Crippen molar-refractivity contribution in [1.29, 1.82) is 0 Å². The molecule has 0 aliphatic rings. The smallest absolute Gasteiger partial charge is 0.449 e. The van der Waals surface area contributed by atoms with Gasteiger partial charge in [-0.1, -0.05) is 0 Å². The highest BCUT2D eigenvalue weighted by molar-refractivity contribution is 5.93. The molecule has 5 heteroatoms. The van der Waals surface area contributed by atoms with Gasteiger partial charge in [0.1, 0.15) is 5.69 Å². The Morgan fingerprint density at radius 1 is 1.55 bits per heavy atom. The van der Waals surface area contributed by atoms with Crippen LogP contribution in [0.15, 0.2) is 18.3 Å². The summed E-state index contributed by atoms with van der Waals surface area (Å²) in [5, 5.41) is 8.03. The first-order chi connectivity index (χ1) is 5.20. The highest BCUT2D eigenvalue weighted by atomic mass is 16.7. The lowest BCUT2D eigenvalue weighted by atomic mass is 10.4. The van der Waals surface area contributed by atoms with E-state index >= 15 is 0 Å². The van der Waals surface area contributed by atoms with E-state index in [1.165, 1.54) is 12.3 Å². The molecule has 0 aliphatic heterocycles. The first-order valence-electron chi connectivity index (χ1n) is 2.78. The summed E-state index contributed by atoms with van der Waals surface area (Å²) >= 11 is 0. The molecule has 0 bridgehead atoms. The van der Waals surface area contributed by atoms with Gasteiger partial charge >= 0.3 is 12.1 Å². The van der Waals surface area contributed by atoms with Crippen LogP contribution in [-0.2, 0) is 4.74 Å². The van der Waals surface area contributed by atoms with Crippen LogP contribution in [0, 0.1) is 0 Å². The number of ether oxygens (including phenoxy) is 1. The van der Waals surface area contributed by atoms with Gasteiger partial charge in [0.25, 0.3) is 0 Å². The van der Waals surface area contributed by atoms with Crippen molar-refractivity contribution in [2.75, 3.05) is 0 Å². The van der Waals surface area contributed by atoms with Gasteiger partial charge in [0.15, 0.2) is 0 Å². The van der Waals surface area contributed by atoms with Crippen LogP contribution in [0.4, 0.5) is 4.79 Å². The molecule has 0 spiro atoms. The molecular weight excluding hydrogens is 150 g/mol. The van der Waals surface area contributed by atoms with Gasteiger partial charge < -0.3 is 14.8 Å². The van der Waals surface area contributed by atoms with Crippen molar-refractivity contribution in [3.63, 3.8) is 0 Å². The molecule has 0 unspecified atom stereocenters. The Morgan fingerprint density at radius 2 is 2.27 bits per heavy atom. The average molecular weight is 155 g/mol. The first-order valence-corrected chi connectivity index (χ1v) is 2.78. The van der Waals surface area contributed by atoms with Crippen molar-refractivity contribution in [3.05, 3.63) is 24.0 Å².